The quantitative estimate of drug-likeness (QED) is 0.396. The molecule has 0 unspecified atom stereocenters. The molecule has 138 valence electrons. The van der Waals surface area contributed by atoms with Gasteiger partial charge in [0, 0.05) is 25.2 Å². The zero-order valence-electron chi connectivity index (χ0n) is 14.8. The number of hydrogen-bond donors (Lipinski definition) is 0. The third kappa shape index (κ3) is 6.70. The van der Waals surface area contributed by atoms with Gasteiger partial charge in [-0.25, -0.2) is 4.79 Å². The van der Waals surface area contributed by atoms with Crippen LogP contribution in [-0.2, 0) is 9.53 Å². The summed E-state index contributed by atoms with van der Waals surface area (Å²) in [6, 6.07) is 3.48. The molecular weight excluding hydrogens is 348 g/mol. The molecule has 0 aliphatic rings. The van der Waals surface area contributed by atoms with E-state index in [1.165, 1.54) is 12.1 Å². The molecular formula is C17H23ClN2O5. The summed E-state index contributed by atoms with van der Waals surface area (Å²) in [6.45, 7) is 8.67. The van der Waals surface area contributed by atoms with E-state index in [-0.39, 0.29) is 34.0 Å². The van der Waals surface area contributed by atoms with Crippen LogP contribution < -0.4 is 0 Å². The lowest BCUT2D eigenvalue weighted by atomic mass is 10.1. The molecule has 25 heavy (non-hydrogen) atoms. The molecule has 0 aromatic heterocycles. The molecule has 0 atom stereocenters. The van der Waals surface area contributed by atoms with Crippen LogP contribution in [0, 0.1) is 22.0 Å². The van der Waals surface area contributed by atoms with E-state index in [9.17, 15) is 19.7 Å². The highest BCUT2D eigenvalue weighted by atomic mass is 35.5. The van der Waals surface area contributed by atoms with Crippen molar-refractivity contribution in [2.24, 2.45) is 11.8 Å². The fraction of sp³-hybridized carbons (Fsp3) is 0.529. The van der Waals surface area contributed by atoms with Gasteiger partial charge in [0.2, 0.25) is 0 Å². The van der Waals surface area contributed by atoms with E-state index in [4.69, 9.17) is 16.3 Å². The van der Waals surface area contributed by atoms with Crippen LogP contribution in [0.15, 0.2) is 18.2 Å². The predicted octanol–water partition coefficient (Wildman–Crippen LogP) is 3.55. The highest BCUT2D eigenvalue weighted by Crippen LogP contribution is 2.22. The standard InChI is InChI=1S/C17H23ClN2O5/c1-11(2)8-19(9-12(3)4)16(21)10-25-17(22)14-7-13(20(23)24)5-6-15(14)18/h5-7,11-12H,8-10H2,1-4H3. The van der Waals surface area contributed by atoms with Crippen LogP contribution in [0.2, 0.25) is 5.02 Å². The van der Waals surface area contributed by atoms with Gasteiger partial charge in [-0.2, -0.15) is 0 Å². The number of amides is 1. The highest BCUT2D eigenvalue weighted by molar-refractivity contribution is 6.33. The number of nitrogens with zero attached hydrogens (tertiary/aromatic N) is 2. The molecule has 1 aromatic carbocycles. The van der Waals surface area contributed by atoms with Gasteiger partial charge < -0.3 is 9.64 Å². The van der Waals surface area contributed by atoms with Crippen molar-refractivity contribution in [2.45, 2.75) is 27.7 Å². The Kier molecular flexibility index (Phi) is 7.83. The fourth-order valence-corrected chi connectivity index (χ4v) is 2.43. The van der Waals surface area contributed by atoms with Gasteiger partial charge in [0.25, 0.3) is 11.6 Å². The molecule has 0 spiro atoms. The summed E-state index contributed by atoms with van der Waals surface area (Å²) in [5.41, 5.74) is -0.410. The van der Waals surface area contributed by atoms with Gasteiger partial charge in [-0.1, -0.05) is 39.3 Å². The minimum absolute atomic E-state index is 0.0317. The minimum atomic E-state index is -0.865. The summed E-state index contributed by atoms with van der Waals surface area (Å²) in [4.78, 5) is 36.2. The number of ether oxygens (including phenoxy) is 1. The highest BCUT2D eigenvalue weighted by Gasteiger charge is 2.21. The molecule has 8 heteroatoms. The van der Waals surface area contributed by atoms with Crippen molar-refractivity contribution in [2.75, 3.05) is 19.7 Å². The molecule has 1 aromatic rings. The molecule has 0 saturated heterocycles. The summed E-state index contributed by atoms with van der Waals surface area (Å²) in [7, 11) is 0. The molecule has 0 radical (unpaired) electrons. The topological polar surface area (TPSA) is 89.8 Å². The Labute approximate surface area is 152 Å². The minimum Gasteiger partial charge on any atom is -0.452 e. The summed E-state index contributed by atoms with van der Waals surface area (Å²) < 4.78 is 5.01. The van der Waals surface area contributed by atoms with E-state index >= 15 is 0 Å². The Bertz CT molecular complexity index is 636. The first-order chi connectivity index (χ1) is 11.6. The third-order valence-corrected chi connectivity index (χ3v) is 3.56. The van der Waals surface area contributed by atoms with Crippen molar-refractivity contribution in [1.82, 2.24) is 4.90 Å². The molecule has 7 nitrogen and oxygen atoms in total. The number of nitro groups is 1. The van der Waals surface area contributed by atoms with Gasteiger partial charge in [0.05, 0.1) is 15.5 Å². The first-order valence-electron chi connectivity index (χ1n) is 8.00. The molecule has 0 bridgehead atoms. The molecule has 0 fully saturated rings. The molecule has 0 aliphatic heterocycles. The average molecular weight is 371 g/mol. The summed E-state index contributed by atoms with van der Waals surface area (Å²) in [5, 5.41) is 10.8. The number of rotatable bonds is 8. The maximum absolute atomic E-state index is 12.3. The van der Waals surface area contributed by atoms with Gasteiger partial charge in [0.15, 0.2) is 6.61 Å². The predicted molar refractivity (Wildman–Crippen MR) is 94.6 cm³/mol. The lowest BCUT2D eigenvalue weighted by Crippen LogP contribution is -2.39. The number of benzene rings is 1. The van der Waals surface area contributed by atoms with Crippen molar-refractivity contribution >= 4 is 29.2 Å². The number of carbonyl (C=O) groups is 2. The second-order valence-electron chi connectivity index (χ2n) is 6.58. The molecule has 0 N–H and O–H groups in total. The van der Waals surface area contributed by atoms with E-state index in [1.54, 1.807) is 4.90 Å². The largest absolute Gasteiger partial charge is 0.452 e. The Morgan fingerprint density at radius 2 is 1.76 bits per heavy atom. The summed E-state index contributed by atoms with van der Waals surface area (Å²) in [5.74, 6) is -0.609. The Morgan fingerprint density at radius 3 is 2.24 bits per heavy atom. The van der Waals surface area contributed by atoms with Crippen molar-refractivity contribution in [1.29, 1.82) is 0 Å². The van der Waals surface area contributed by atoms with Crippen LogP contribution >= 0.6 is 11.6 Å². The molecule has 0 saturated carbocycles. The van der Waals surface area contributed by atoms with Crippen LogP contribution in [0.3, 0.4) is 0 Å². The van der Waals surface area contributed by atoms with Crippen LogP contribution in [-0.4, -0.2) is 41.4 Å². The monoisotopic (exact) mass is 370 g/mol. The van der Waals surface area contributed by atoms with Crippen molar-refractivity contribution in [3.05, 3.63) is 38.9 Å². The molecule has 1 rings (SSSR count). The normalized spacial score (nSPS) is 10.8. The zero-order chi connectivity index (χ0) is 19.1. The van der Waals surface area contributed by atoms with Gasteiger partial charge in [-0.3, -0.25) is 14.9 Å². The number of hydrogen-bond acceptors (Lipinski definition) is 5. The van der Waals surface area contributed by atoms with Gasteiger partial charge in [0.1, 0.15) is 0 Å². The Morgan fingerprint density at radius 1 is 1.20 bits per heavy atom. The van der Waals surface area contributed by atoms with Crippen molar-refractivity contribution in [3.63, 3.8) is 0 Å². The molecule has 0 aliphatic carbocycles. The van der Waals surface area contributed by atoms with Gasteiger partial charge in [-0.15, -0.1) is 0 Å². The third-order valence-electron chi connectivity index (χ3n) is 3.23. The lowest BCUT2D eigenvalue weighted by molar-refractivity contribution is -0.384. The maximum atomic E-state index is 12.3. The van der Waals surface area contributed by atoms with Crippen LogP contribution in [0.5, 0.6) is 0 Å². The smallest absolute Gasteiger partial charge is 0.340 e. The Hall–Kier alpha value is -2.15. The Balaban J connectivity index is 2.78. The SMILES string of the molecule is CC(C)CN(CC(C)C)C(=O)COC(=O)c1cc([N+](=O)[O-])ccc1Cl. The average Bonchev–Trinajstić information content (AvgIpc) is 2.50. The number of nitro benzene ring substituents is 1. The zero-order valence-corrected chi connectivity index (χ0v) is 15.6. The van der Waals surface area contributed by atoms with E-state index in [0.29, 0.717) is 13.1 Å². The fourth-order valence-electron chi connectivity index (χ4n) is 2.24. The van der Waals surface area contributed by atoms with Crippen LogP contribution in [0.1, 0.15) is 38.1 Å². The number of esters is 1. The molecule has 0 heterocycles. The maximum Gasteiger partial charge on any atom is 0.340 e. The van der Waals surface area contributed by atoms with E-state index < -0.39 is 17.5 Å². The van der Waals surface area contributed by atoms with Gasteiger partial charge >= 0.3 is 5.97 Å². The summed E-state index contributed by atoms with van der Waals surface area (Å²) >= 11 is 5.89. The first-order valence-corrected chi connectivity index (χ1v) is 8.38. The lowest BCUT2D eigenvalue weighted by Gasteiger charge is -2.26. The van der Waals surface area contributed by atoms with E-state index in [2.05, 4.69) is 0 Å². The number of halogens is 1. The number of carbonyl (C=O) groups excluding carboxylic acids is 2. The number of non-ortho nitro benzene ring substituents is 1. The van der Waals surface area contributed by atoms with E-state index in [1.807, 2.05) is 27.7 Å². The summed E-state index contributed by atoms with van der Waals surface area (Å²) in [6.07, 6.45) is 0. The van der Waals surface area contributed by atoms with Gasteiger partial charge in [-0.05, 0) is 17.9 Å². The van der Waals surface area contributed by atoms with Crippen LogP contribution in [0.4, 0.5) is 5.69 Å². The second-order valence-corrected chi connectivity index (χ2v) is 6.99. The molecule has 1 amide bonds. The van der Waals surface area contributed by atoms with Crippen molar-refractivity contribution in [3.8, 4) is 0 Å². The van der Waals surface area contributed by atoms with Crippen LogP contribution in [0.25, 0.3) is 0 Å². The second kappa shape index (κ2) is 9.36. The van der Waals surface area contributed by atoms with E-state index in [0.717, 1.165) is 6.07 Å². The van der Waals surface area contributed by atoms with Crippen molar-refractivity contribution < 1.29 is 19.2 Å². The first kappa shape index (κ1) is 20.9.